The van der Waals surface area contributed by atoms with E-state index in [0.29, 0.717) is 5.02 Å². The van der Waals surface area contributed by atoms with Gasteiger partial charge in [0.25, 0.3) is 0 Å². The molecule has 0 bridgehead atoms. The van der Waals surface area contributed by atoms with Crippen molar-refractivity contribution >= 4 is 40.3 Å². The van der Waals surface area contributed by atoms with Gasteiger partial charge in [-0.2, -0.15) is 0 Å². The van der Waals surface area contributed by atoms with Crippen LogP contribution in [0.1, 0.15) is 37.3 Å². The highest BCUT2D eigenvalue weighted by molar-refractivity contribution is 6.35. The largest absolute Gasteiger partial charge is 0.388 e. The van der Waals surface area contributed by atoms with E-state index in [1.54, 1.807) is 6.08 Å². The maximum Gasteiger partial charge on any atom is 0.0730 e. The highest BCUT2D eigenvalue weighted by Crippen LogP contribution is 2.31. The van der Waals surface area contributed by atoms with E-state index >= 15 is 0 Å². The summed E-state index contributed by atoms with van der Waals surface area (Å²) in [4.78, 5) is 9.58. The molecule has 0 spiro atoms. The Kier molecular flexibility index (Phi) is 10.2. The normalized spacial score (nSPS) is 13.6. The van der Waals surface area contributed by atoms with E-state index in [-0.39, 0.29) is 0 Å². The maximum absolute atomic E-state index is 6.44. The Bertz CT molecular complexity index is 1210. The molecule has 1 fully saturated rings. The lowest BCUT2D eigenvalue weighted by atomic mass is 10.0. The van der Waals surface area contributed by atoms with Gasteiger partial charge in [-0.3, -0.25) is 0 Å². The van der Waals surface area contributed by atoms with E-state index in [1.807, 2.05) is 49.5 Å². The molecule has 190 valence electrons. The number of aromatic nitrogens is 1. The van der Waals surface area contributed by atoms with Gasteiger partial charge < -0.3 is 15.1 Å². The summed E-state index contributed by atoms with van der Waals surface area (Å²) in [5.41, 5.74) is 7.14. The number of allylic oxidation sites excluding steroid dienone is 1. The van der Waals surface area contributed by atoms with Crippen molar-refractivity contribution in [2.24, 2.45) is 0 Å². The summed E-state index contributed by atoms with van der Waals surface area (Å²) in [7, 11) is 4.08. The van der Waals surface area contributed by atoms with E-state index < -0.39 is 0 Å². The molecule has 0 unspecified atom stereocenters. The Hall–Kier alpha value is -3.08. The molecular formula is C31H39ClN4. The summed E-state index contributed by atoms with van der Waals surface area (Å²) in [5.74, 6) is 0. The molecule has 5 heteroatoms. The van der Waals surface area contributed by atoms with Crippen molar-refractivity contribution in [3.8, 4) is 11.3 Å². The minimum Gasteiger partial charge on any atom is -0.388 e. The van der Waals surface area contributed by atoms with Gasteiger partial charge in [-0.05, 0) is 55.3 Å². The van der Waals surface area contributed by atoms with E-state index in [4.69, 9.17) is 16.6 Å². The van der Waals surface area contributed by atoms with Crippen molar-refractivity contribution < 1.29 is 0 Å². The first kappa shape index (κ1) is 27.5. The minimum absolute atomic E-state index is 0.693. The monoisotopic (exact) mass is 502 g/mol. The van der Waals surface area contributed by atoms with Crippen LogP contribution in [-0.4, -0.2) is 55.1 Å². The standard InChI is InChI=1S/C20H17ClN2.C11H22N2/c1-4-13-6-8-16-17(21)12-19(23-20(16)10-13)15-7-9-18(22-3)14(5-2)11-15;1-4-5-6-11(2)13-9-7-12(3)8-10-13/h4-12,22H,1-2H2,3H3;2,4-10H2,1,3H3. The van der Waals surface area contributed by atoms with E-state index in [0.717, 1.165) is 39.0 Å². The zero-order valence-electron chi connectivity index (χ0n) is 22.0. The lowest BCUT2D eigenvalue weighted by molar-refractivity contribution is 0.182. The Labute approximate surface area is 222 Å². The Morgan fingerprint density at radius 3 is 2.44 bits per heavy atom. The Morgan fingerprint density at radius 2 is 1.81 bits per heavy atom. The smallest absolute Gasteiger partial charge is 0.0730 e. The summed E-state index contributed by atoms with van der Waals surface area (Å²) >= 11 is 6.44. The molecule has 0 radical (unpaired) electrons. The molecule has 2 heterocycles. The van der Waals surface area contributed by atoms with Crippen LogP contribution in [0.5, 0.6) is 0 Å². The molecule has 1 aliphatic heterocycles. The van der Waals surface area contributed by atoms with Gasteiger partial charge in [0, 0.05) is 55.6 Å². The SMILES string of the molecule is C=C(CCCC)N1CCN(C)CC1.C=Cc1ccc2c(Cl)cc(-c3ccc(NC)c(C=C)c3)nc2c1. The number of hydrogen-bond donors (Lipinski definition) is 1. The average Bonchev–Trinajstić information content (AvgIpc) is 2.91. The molecule has 1 N–H and O–H groups in total. The second kappa shape index (κ2) is 13.3. The van der Waals surface area contributed by atoms with Crippen molar-refractivity contribution in [2.75, 3.05) is 45.6 Å². The average molecular weight is 503 g/mol. The molecule has 36 heavy (non-hydrogen) atoms. The number of piperazine rings is 1. The van der Waals surface area contributed by atoms with Crippen LogP contribution in [0.4, 0.5) is 5.69 Å². The first-order valence-electron chi connectivity index (χ1n) is 12.7. The van der Waals surface area contributed by atoms with Gasteiger partial charge in [0.15, 0.2) is 0 Å². The molecule has 0 amide bonds. The van der Waals surface area contributed by atoms with Crippen LogP contribution in [0.2, 0.25) is 5.02 Å². The third-order valence-corrected chi connectivity index (χ3v) is 6.94. The second-order valence-electron chi connectivity index (χ2n) is 9.19. The fraction of sp³-hybridized carbons (Fsp3) is 0.323. The number of anilines is 1. The molecule has 1 aromatic heterocycles. The van der Waals surface area contributed by atoms with Gasteiger partial charge in [0.1, 0.15) is 0 Å². The van der Waals surface area contributed by atoms with Gasteiger partial charge in [0.05, 0.1) is 16.2 Å². The highest BCUT2D eigenvalue weighted by atomic mass is 35.5. The second-order valence-corrected chi connectivity index (χ2v) is 9.59. The molecule has 2 aromatic carbocycles. The summed E-state index contributed by atoms with van der Waals surface area (Å²) in [5, 5.41) is 4.79. The van der Waals surface area contributed by atoms with Crippen LogP contribution in [0.3, 0.4) is 0 Å². The summed E-state index contributed by atoms with van der Waals surface area (Å²) in [6.07, 6.45) is 7.37. The van der Waals surface area contributed by atoms with Gasteiger partial charge in [-0.1, -0.05) is 75.0 Å². The van der Waals surface area contributed by atoms with Crippen molar-refractivity contribution in [1.82, 2.24) is 14.8 Å². The Morgan fingerprint density at radius 1 is 1.06 bits per heavy atom. The number of benzene rings is 2. The predicted molar refractivity (Wildman–Crippen MR) is 160 cm³/mol. The predicted octanol–water partition coefficient (Wildman–Crippen LogP) is 7.82. The van der Waals surface area contributed by atoms with Crippen LogP contribution in [0.15, 0.2) is 67.9 Å². The highest BCUT2D eigenvalue weighted by Gasteiger charge is 2.14. The van der Waals surface area contributed by atoms with Gasteiger partial charge in [0.2, 0.25) is 0 Å². The number of nitrogens with one attached hydrogen (secondary N) is 1. The number of rotatable bonds is 8. The first-order chi connectivity index (χ1) is 17.4. The minimum atomic E-state index is 0.693. The number of hydrogen-bond acceptors (Lipinski definition) is 4. The molecular weight excluding hydrogens is 464 g/mol. The van der Waals surface area contributed by atoms with Crippen molar-refractivity contribution in [1.29, 1.82) is 0 Å². The molecule has 1 saturated heterocycles. The van der Waals surface area contributed by atoms with Crippen LogP contribution < -0.4 is 5.32 Å². The number of unbranched alkanes of at least 4 members (excludes halogenated alkanes) is 1. The third kappa shape index (κ3) is 6.99. The summed E-state index contributed by atoms with van der Waals surface area (Å²) in [6, 6.07) is 14.0. The topological polar surface area (TPSA) is 31.4 Å². The number of nitrogens with zero attached hydrogens (tertiary/aromatic N) is 3. The summed E-state index contributed by atoms with van der Waals surface area (Å²) in [6.45, 7) is 18.8. The molecule has 1 aliphatic rings. The molecule has 3 aromatic rings. The van der Waals surface area contributed by atoms with Gasteiger partial charge in [-0.15, -0.1) is 0 Å². The lowest BCUT2D eigenvalue weighted by Crippen LogP contribution is -2.43. The van der Waals surface area contributed by atoms with Crippen LogP contribution in [0.25, 0.3) is 34.3 Å². The van der Waals surface area contributed by atoms with E-state index in [9.17, 15) is 0 Å². The molecule has 0 atom stereocenters. The number of fused-ring (bicyclic) bond motifs is 1. The van der Waals surface area contributed by atoms with Gasteiger partial charge >= 0.3 is 0 Å². The molecule has 0 aliphatic carbocycles. The fourth-order valence-electron chi connectivity index (χ4n) is 4.26. The Balaban J connectivity index is 0.000000236. The molecule has 4 rings (SSSR count). The van der Waals surface area contributed by atoms with Crippen LogP contribution in [0, 0.1) is 0 Å². The van der Waals surface area contributed by atoms with Crippen molar-refractivity contribution in [3.63, 3.8) is 0 Å². The molecule has 4 nitrogen and oxygen atoms in total. The number of halogens is 1. The quantitative estimate of drug-likeness (QED) is 0.340. The summed E-state index contributed by atoms with van der Waals surface area (Å²) < 4.78 is 0. The molecule has 0 saturated carbocycles. The lowest BCUT2D eigenvalue weighted by Gasteiger charge is -2.35. The third-order valence-electron chi connectivity index (χ3n) is 6.63. The zero-order chi connectivity index (χ0) is 26.1. The number of likely N-dealkylation sites (N-methyl/N-ethyl adjacent to an activating group) is 1. The fourth-order valence-corrected chi connectivity index (χ4v) is 4.52. The number of pyridine rings is 1. The van der Waals surface area contributed by atoms with Crippen LogP contribution >= 0.6 is 11.6 Å². The van der Waals surface area contributed by atoms with Crippen molar-refractivity contribution in [2.45, 2.75) is 26.2 Å². The van der Waals surface area contributed by atoms with E-state index in [2.05, 4.69) is 54.9 Å². The maximum atomic E-state index is 6.44. The first-order valence-corrected chi connectivity index (χ1v) is 13.1. The van der Waals surface area contributed by atoms with Crippen LogP contribution in [-0.2, 0) is 0 Å². The van der Waals surface area contributed by atoms with Crippen molar-refractivity contribution in [3.05, 3.63) is 84.0 Å². The van der Waals surface area contributed by atoms with E-state index in [1.165, 1.54) is 51.1 Å². The van der Waals surface area contributed by atoms with Gasteiger partial charge in [-0.25, -0.2) is 4.98 Å². The zero-order valence-corrected chi connectivity index (χ0v) is 22.7.